The lowest BCUT2D eigenvalue weighted by molar-refractivity contribution is -0.146. The second kappa shape index (κ2) is 8.10. The molecule has 3 nitrogen and oxygen atoms in total. The highest BCUT2D eigenvalue weighted by atomic mass is 16.5. The number of carbonyl (C=O) groups excluding carboxylic acids is 2. The van der Waals surface area contributed by atoms with Crippen LogP contribution in [-0.4, -0.2) is 18.4 Å². The van der Waals surface area contributed by atoms with E-state index in [1.165, 1.54) is 0 Å². The van der Waals surface area contributed by atoms with Gasteiger partial charge in [-0.15, -0.1) is 12.3 Å². The first-order valence-electron chi connectivity index (χ1n) is 6.40. The van der Waals surface area contributed by atoms with Crippen LogP contribution in [0.1, 0.15) is 36.5 Å². The molecule has 1 unspecified atom stereocenters. The maximum atomic E-state index is 12.3. The maximum absolute atomic E-state index is 12.3. The minimum absolute atomic E-state index is 0.198. The molecule has 0 radical (unpaired) electrons. The molecule has 0 amide bonds. The van der Waals surface area contributed by atoms with Crippen molar-refractivity contribution in [1.29, 1.82) is 0 Å². The van der Waals surface area contributed by atoms with Gasteiger partial charge in [-0.3, -0.25) is 9.59 Å². The summed E-state index contributed by atoms with van der Waals surface area (Å²) in [5.41, 5.74) is 0.529. The van der Waals surface area contributed by atoms with Crippen molar-refractivity contribution in [2.75, 3.05) is 6.61 Å². The fraction of sp³-hybridized carbons (Fsp3) is 0.375. The van der Waals surface area contributed by atoms with Crippen LogP contribution in [-0.2, 0) is 9.53 Å². The molecule has 1 atom stereocenters. The number of hydrogen-bond donors (Lipinski definition) is 0. The predicted octanol–water partition coefficient (Wildman–Crippen LogP) is 2.85. The quantitative estimate of drug-likeness (QED) is 0.248. The molecule has 0 fully saturated rings. The normalized spacial score (nSPS) is 11.4. The Morgan fingerprint density at radius 1 is 1.32 bits per heavy atom. The second-order valence-electron chi connectivity index (χ2n) is 4.13. The first-order chi connectivity index (χ1) is 9.20. The van der Waals surface area contributed by atoms with Gasteiger partial charge in [0, 0.05) is 12.0 Å². The number of unbranched alkanes of at least 4 members (excludes halogenated alkanes) is 1. The minimum atomic E-state index is -0.754. The van der Waals surface area contributed by atoms with E-state index >= 15 is 0 Å². The molecule has 3 heteroatoms. The van der Waals surface area contributed by atoms with Crippen molar-refractivity contribution in [3.63, 3.8) is 0 Å². The molecule has 0 aliphatic rings. The summed E-state index contributed by atoms with van der Waals surface area (Å²) in [6.07, 6.45) is 6.80. The Morgan fingerprint density at radius 2 is 2.00 bits per heavy atom. The molecule has 0 bridgehead atoms. The summed E-state index contributed by atoms with van der Waals surface area (Å²) < 4.78 is 4.97. The number of carbonyl (C=O) groups is 2. The monoisotopic (exact) mass is 258 g/mol. The third-order valence-corrected chi connectivity index (χ3v) is 2.76. The summed E-state index contributed by atoms with van der Waals surface area (Å²) in [6, 6.07) is 8.79. The van der Waals surface area contributed by atoms with Crippen molar-refractivity contribution in [1.82, 2.24) is 0 Å². The lowest BCUT2D eigenvalue weighted by atomic mass is 9.93. The minimum Gasteiger partial charge on any atom is -0.465 e. The molecule has 100 valence electrons. The zero-order valence-corrected chi connectivity index (χ0v) is 11.1. The van der Waals surface area contributed by atoms with E-state index < -0.39 is 11.9 Å². The van der Waals surface area contributed by atoms with Gasteiger partial charge in [-0.2, -0.15) is 0 Å². The van der Waals surface area contributed by atoms with E-state index in [1.807, 2.05) is 6.07 Å². The molecule has 0 spiro atoms. The Balaban J connectivity index is 2.80. The van der Waals surface area contributed by atoms with E-state index in [4.69, 9.17) is 11.2 Å². The molecule has 0 aliphatic carbocycles. The third-order valence-electron chi connectivity index (χ3n) is 2.76. The smallest absolute Gasteiger partial charge is 0.316 e. The molecule has 0 heterocycles. The molecule has 0 aromatic heterocycles. The number of rotatable bonds is 7. The largest absolute Gasteiger partial charge is 0.465 e. The standard InChI is InChI=1S/C16H18O3/c1-3-5-7-12-14(16(18)19-4-2)15(17)13-10-8-6-9-11-13/h1,6,8-11,14H,4-5,7,12H2,2H3. The van der Waals surface area contributed by atoms with Crippen molar-refractivity contribution in [2.24, 2.45) is 5.92 Å². The molecule has 1 aromatic carbocycles. The molecular weight excluding hydrogens is 240 g/mol. The molecule has 1 rings (SSSR count). The number of terminal acetylenes is 1. The summed E-state index contributed by atoms with van der Waals surface area (Å²) in [6.45, 7) is 2.00. The van der Waals surface area contributed by atoms with E-state index in [0.717, 1.165) is 0 Å². The van der Waals surface area contributed by atoms with Crippen molar-refractivity contribution >= 4 is 11.8 Å². The van der Waals surface area contributed by atoms with Gasteiger partial charge in [-0.25, -0.2) is 0 Å². The molecule has 0 saturated heterocycles. The van der Waals surface area contributed by atoms with Gasteiger partial charge in [0.25, 0.3) is 0 Å². The van der Waals surface area contributed by atoms with E-state index in [-0.39, 0.29) is 12.4 Å². The van der Waals surface area contributed by atoms with Crippen LogP contribution in [0.4, 0.5) is 0 Å². The van der Waals surface area contributed by atoms with Gasteiger partial charge in [-0.05, 0) is 19.8 Å². The SMILES string of the molecule is C#CCCCC(C(=O)OCC)C(=O)c1ccccc1. The zero-order valence-electron chi connectivity index (χ0n) is 11.1. The number of benzene rings is 1. The van der Waals surface area contributed by atoms with E-state index in [0.29, 0.717) is 24.8 Å². The Labute approximate surface area is 114 Å². The van der Waals surface area contributed by atoms with E-state index in [1.54, 1.807) is 31.2 Å². The number of hydrogen-bond acceptors (Lipinski definition) is 3. The summed E-state index contributed by atoms with van der Waals surface area (Å²) in [7, 11) is 0. The van der Waals surface area contributed by atoms with Gasteiger partial charge < -0.3 is 4.74 Å². The van der Waals surface area contributed by atoms with Crippen molar-refractivity contribution in [2.45, 2.75) is 26.2 Å². The van der Waals surface area contributed by atoms with Crippen LogP contribution < -0.4 is 0 Å². The van der Waals surface area contributed by atoms with Crippen LogP contribution in [0, 0.1) is 18.3 Å². The molecule has 0 aliphatic heterocycles. The van der Waals surface area contributed by atoms with Crippen LogP contribution >= 0.6 is 0 Å². The Bertz CT molecular complexity index is 457. The molecular formula is C16H18O3. The Kier molecular flexibility index (Phi) is 6.38. The van der Waals surface area contributed by atoms with Gasteiger partial charge in [0.05, 0.1) is 6.61 Å². The van der Waals surface area contributed by atoms with Gasteiger partial charge >= 0.3 is 5.97 Å². The Hall–Kier alpha value is -2.08. The lowest BCUT2D eigenvalue weighted by Crippen LogP contribution is -2.26. The summed E-state index contributed by atoms with van der Waals surface area (Å²) in [4.78, 5) is 24.2. The molecule has 19 heavy (non-hydrogen) atoms. The van der Waals surface area contributed by atoms with Gasteiger partial charge in [0.2, 0.25) is 0 Å². The first-order valence-corrected chi connectivity index (χ1v) is 6.40. The highest BCUT2D eigenvalue weighted by Crippen LogP contribution is 2.17. The molecule has 1 aromatic rings. The third kappa shape index (κ3) is 4.59. The zero-order chi connectivity index (χ0) is 14.1. The average molecular weight is 258 g/mol. The molecule has 0 saturated carbocycles. The number of ether oxygens (including phenoxy) is 1. The van der Waals surface area contributed by atoms with Crippen LogP contribution in [0.15, 0.2) is 30.3 Å². The fourth-order valence-electron chi connectivity index (χ4n) is 1.81. The van der Waals surface area contributed by atoms with Crippen molar-refractivity contribution in [3.05, 3.63) is 35.9 Å². The van der Waals surface area contributed by atoms with E-state index in [2.05, 4.69) is 5.92 Å². The predicted molar refractivity (Wildman–Crippen MR) is 73.6 cm³/mol. The topological polar surface area (TPSA) is 43.4 Å². The fourth-order valence-corrected chi connectivity index (χ4v) is 1.81. The van der Waals surface area contributed by atoms with Crippen LogP contribution in [0.3, 0.4) is 0 Å². The van der Waals surface area contributed by atoms with Crippen LogP contribution in [0.5, 0.6) is 0 Å². The average Bonchev–Trinajstić information content (AvgIpc) is 2.44. The maximum Gasteiger partial charge on any atom is 0.316 e. The van der Waals surface area contributed by atoms with Gasteiger partial charge in [0.15, 0.2) is 5.78 Å². The van der Waals surface area contributed by atoms with Crippen molar-refractivity contribution < 1.29 is 14.3 Å². The summed E-state index contributed by atoms with van der Waals surface area (Å²) in [5.74, 6) is 1.09. The first kappa shape index (κ1) is 15.0. The lowest BCUT2D eigenvalue weighted by Gasteiger charge is -2.14. The Morgan fingerprint density at radius 3 is 2.58 bits per heavy atom. The molecule has 0 N–H and O–H groups in total. The summed E-state index contributed by atoms with van der Waals surface area (Å²) in [5, 5.41) is 0. The summed E-state index contributed by atoms with van der Waals surface area (Å²) >= 11 is 0. The van der Waals surface area contributed by atoms with Gasteiger partial charge in [0.1, 0.15) is 5.92 Å². The van der Waals surface area contributed by atoms with Gasteiger partial charge in [-0.1, -0.05) is 30.3 Å². The highest BCUT2D eigenvalue weighted by molar-refractivity contribution is 6.08. The van der Waals surface area contributed by atoms with Crippen molar-refractivity contribution in [3.8, 4) is 12.3 Å². The number of Topliss-reactive ketones (excluding diaryl/α,β-unsaturated/α-hetero) is 1. The van der Waals surface area contributed by atoms with E-state index in [9.17, 15) is 9.59 Å². The number of esters is 1. The number of ketones is 1. The second-order valence-corrected chi connectivity index (χ2v) is 4.13. The van der Waals surface area contributed by atoms with Crippen LogP contribution in [0.2, 0.25) is 0 Å². The van der Waals surface area contributed by atoms with Crippen LogP contribution in [0.25, 0.3) is 0 Å². The highest BCUT2D eigenvalue weighted by Gasteiger charge is 2.28.